The molecule has 3 heterocycles. The standard InChI is InChI=1S/2C7H13BO.C5H9BO.C2H6.CH4/c2*1-2-3-6-4-5-7(8)9-6;1-4-2-3-5(6)7-4;1-2;/h2*6-7H,2-5H2,1H3;4-5H,2-3H2,1H3;1-2H3;1H4/i;;1D;;. The maximum absolute atomic E-state index is 6.91. The first kappa shape index (κ1) is 28.1. The minimum atomic E-state index is -0.0923. The van der Waals surface area contributed by atoms with Crippen molar-refractivity contribution in [2.45, 2.75) is 143 Å². The monoisotopic (exact) mass is 391 g/mol. The topological polar surface area (TPSA) is 27.7 Å². The highest BCUT2D eigenvalue weighted by Gasteiger charge is 2.20. The molecule has 3 fully saturated rings. The van der Waals surface area contributed by atoms with Gasteiger partial charge in [-0.05, 0) is 58.3 Å². The van der Waals surface area contributed by atoms with Gasteiger partial charge in [0, 0.05) is 19.4 Å². The summed E-state index contributed by atoms with van der Waals surface area (Å²) in [5.74, 6) is 0. The van der Waals surface area contributed by atoms with Gasteiger partial charge in [-0.3, -0.25) is 0 Å². The van der Waals surface area contributed by atoms with Crippen LogP contribution in [0.15, 0.2) is 0 Å². The fourth-order valence-corrected chi connectivity index (χ4v) is 3.27. The maximum atomic E-state index is 6.91. The summed E-state index contributed by atoms with van der Waals surface area (Å²) in [6, 6.07) is -0.0338. The lowest BCUT2D eigenvalue weighted by Gasteiger charge is -2.08. The fourth-order valence-electron chi connectivity index (χ4n) is 3.27. The van der Waals surface area contributed by atoms with Gasteiger partial charge in [-0.2, -0.15) is 0 Å². The van der Waals surface area contributed by atoms with Crippen LogP contribution in [0.2, 0.25) is 0 Å². The van der Waals surface area contributed by atoms with Crippen LogP contribution in [-0.4, -0.2) is 59.9 Å². The summed E-state index contributed by atoms with van der Waals surface area (Å²) >= 11 is 0. The minimum absolute atomic E-state index is 0. The molecule has 0 N–H and O–H groups in total. The van der Waals surface area contributed by atoms with E-state index in [1.807, 2.05) is 13.8 Å². The first-order valence-electron chi connectivity index (χ1n) is 11.7. The molecule has 6 radical (unpaired) electrons. The molecule has 0 aromatic rings. The second-order valence-electron chi connectivity index (χ2n) is 7.20. The molecular formula is C22H45B3O3. The van der Waals surface area contributed by atoms with E-state index in [0.29, 0.717) is 19.1 Å². The number of hydrogen-bond acceptors (Lipinski definition) is 3. The zero-order valence-electron chi connectivity index (χ0n) is 19.2. The highest BCUT2D eigenvalue weighted by molar-refractivity contribution is 6.11. The third kappa shape index (κ3) is 15.0. The Morgan fingerprint density at radius 1 is 0.714 bits per heavy atom. The minimum Gasteiger partial charge on any atom is -0.385 e. The van der Waals surface area contributed by atoms with Crippen molar-refractivity contribution in [2.75, 3.05) is 0 Å². The quantitative estimate of drug-likeness (QED) is 0.612. The van der Waals surface area contributed by atoms with E-state index in [9.17, 15) is 0 Å². The average Bonchev–Trinajstić information content (AvgIpc) is 3.41. The molecule has 28 heavy (non-hydrogen) atoms. The van der Waals surface area contributed by atoms with E-state index in [2.05, 4.69) is 13.8 Å². The molecule has 0 spiro atoms. The van der Waals surface area contributed by atoms with Crippen molar-refractivity contribution in [1.29, 1.82) is 0 Å². The molecule has 3 aliphatic rings. The van der Waals surface area contributed by atoms with Gasteiger partial charge in [-0.1, -0.05) is 48.0 Å². The van der Waals surface area contributed by atoms with Crippen LogP contribution in [0.5, 0.6) is 0 Å². The van der Waals surface area contributed by atoms with Crippen molar-refractivity contribution in [3.63, 3.8) is 0 Å². The molecule has 0 aromatic heterocycles. The third-order valence-corrected chi connectivity index (χ3v) is 4.64. The highest BCUT2D eigenvalue weighted by atomic mass is 16.5. The lowest BCUT2D eigenvalue weighted by Crippen LogP contribution is -2.09. The first-order valence-corrected chi connectivity index (χ1v) is 11.0. The summed E-state index contributed by atoms with van der Waals surface area (Å²) in [4.78, 5) is 0. The van der Waals surface area contributed by atoms with E-state index in [4.69, 9.17) is 39.1 Å². The predicted octanol–water partition coefficient (Wildman–Crippen LogP) is 5.26. The maximum Gasteiger partial charge on any atom is 0.109 e. The highest BCUT2D eigenvalue weighted by Crippen LogP contribution is 2.21. The van der Waals surface area contributed by atoms with E-state index in [1.165, 1.54) is 25.7 Å². The summed E-state index contributed by atoms with van der Waals surface area (Å²) < 4.78 is 22.8. The van der Waals surface area contributed by atoms with Crippen LogP contribution in [0.3, 0.4) is 0 Å². The number of hydrogen-bond donors (Lipinski definition) is 0. The van der Waals surface area contributed by atoms with Crippen molar-refractivity contribution >= 4 is 23.5 Å². The van der Waals surface area contributed by atoms with Crippen LogP contribution in [0.25, 0.3) is 0 Å². The SMILES string of the molecule is C.CC.[2H]CC1CCC([B])O1.[B]C1CCC(CCC)O1.[B]C1CCC(CCC)O1. The fraction of sp³-hybridized carbons (Fsp3) is 1.00. The Balaban J connectivity index is 0. The van der Waals surface area contributed by atoms with Crippen LogP contribution in [0.1, 0.15) is 108 Å². The van der Waals surface area contributed by atoms with E-state index >= 15 is 0 Å². The third-order valence-electron chi connectivity index (χ3n) is 4.64. The molecule has 6 heteroatoms. The predicted molar refractivity (Wildman–Crippen MR) is 125 cm³/mol. The van der Waals surface area contributed by atoms with Crippen molar-refractivity contribution < 1.29 is 15.6 Å². The molecule has 6 unspecified atom stereocenters. The van der Waals surface area contributed by atoms with Gasteiger partial charge in [0.15, 0.2) is 0 Å². The molecule has 0 bridgehead atoms. The Morgan fingerprint density at radius 3 is 1.32 bits per heavy atom. The molecule has 6 atom stereocenters. The van der Waals surface area contributed by atoms with E-state index in [-0.39, 0.29) is 31.5 Å². The van der Waals surface area contributed by atoms with Crippen LogP contribution < -0.4 is 0 Å². The smallest absolute Gasteiger partial charge is 0.109 e. The van der Waals surface area contributed by atoms with E-state index < -0.39 is 0 Å². The average molecular weight is 391 g/mol. The Morgan fingerprint density at radius 2 is 1.11 bits per heavy atom. The second kappa shape index (κ2) is 19.1. The number of ether oxygens (including phenoxy) is 3. The van der Waals surface area contributed by atoms with Crippen LogP contribution in [0, 0.1) is 0 Å². The molecule has 3 saturated heterocycles. The second-order valence-corrected chi connectivity index (χ2v) is 7.20. The van der Waals surface area contributed by atoms with Crippen molar-refractivity contribution in [2.24, 2.45) is 0 Å². The summed E-state index contributed by atoms with van der Waals surface area (Å²) in [6.07, 6.45) is 12.1. The zero-order valence-corrected chi connectivity index (χ0v) is 18.2. The number of rotatable bonds is 4. The van der Waals surface area contributed by atoms with Crippen LogP contribution in [-0.2, 0) is 14.2 Å². The molecule has 0 amide bonds. The van der Waals surface area contributed by atoms with Crippen LogP contribution >= 0.6 is 0 Å². The largest absolute Gasteiger partial charge is 0.385 e. The molecule has 0 aromatic carbocycles. The molecule has 3 rings (SSSR count). The van der Waals surface area contributed by atoms with Crippen molar-refractivity contribution in [3.05, 3.63) is 0 Å². The molecule has 3 aliphatic heterocycles. The lowest BCUT2D eigenvalue weighted by molar-refractivity contribution is 0.0815. The zero-order chi connectivity index (χ0) is 21.4. The summed E-state index contributed by atoms with van der Waals surface area (Å²) in [6.45, 7) is 8.70. The van der Waals surface area contributed by atoms with Gasteiger partial charge >= 0.3 is 0 Å². The van der Waals surface area contributed by atoms with Crippen molar-refractivity contribution in [1.82, 2.24) is 0 Å². The van der Waals surface area contributed by atoms with Gasteiger partial charge in [0.25, 0.3) is 0 Å². The van der Waals surface area contributed by atoms with Gasteiger partial charge in [0.2, 0.25) is 0 Å². The van der Waals surface area contributed by atoms with E-state index in [0.717, 1.165) is 38.5 Å². The Labute approximate surface area is 182 Å². The first-order chi connectivity index (χ1) is 13.5. The molecular weight excluding hydrogens is 345 g/mol. The Kier molecular flexibility index (Phi) is 19.1. The summed E-state index contributed by atoms with van der Waals surface area (Å²) in [5.41, 5.74) is 0. The van der Waals surface area contributed by atoms with Gasteiger partial charge in [0.1, 0.15) is 23.5 Å². The van der Waals surface area contributed by atoms with E-state index in [1.54, 1.807) is 0 Å². The summed E-state index contributed by atoms with van der Waals surface area (Å²) in [5, 5.41) is 0. The van der Waals surface area contributed by atoms with Gasteiger partial charge in [-0.15, -0.1) is 0 Å². The van der Waals surface area contributed by atoms with Crippen molar-refractivity contribution in [3.8, 4) is 0 Å². The van der Waals surface area contributed by atoms with Gasteiger partial charge in [-0.25, -0.2) is 0 Å². The summed E-state index contributed by atoms with van der Waals surface area (Å²) in [7, 11) is 16.5. The molecule has 0 aliphatic carbocycles. The van der Waals surface area contributed by atoms with Gasteiger partial charge in [0.05, 0.1) is 18.3 Å². The molecule has 160 valence electrons. The van der Waals surface area contributed by atoms with Gasteiger partial charge < -0.3 is 14.2 Å². The Hall–Kier alpha value is 0.0748. The molecule has 0 saturated carbocycles. The lowest BCUT2D eigenvalue weighted by atomic mass is 9.97. The Bertz CT molecular complexity index is 327. The molecule has 3 nitrogen and oxygen atoms in total. The van der Waals surface area contributed by atoms with Crippen LogP contribution in [0.4, 0.5) is 0 Å². The normalized spacial score (nSPS) is 33.8.